The first-order valence-electron chi connectivity index (χ1n) is 5.89. The summed E-state index contributed by atoms with van der Waals surface area (Å²) in [5.41, 5.74) is -2.72. The number of carbonyl (C=O) groups is 2. The van der Waals surface area contributed by atoms with Crippen LogP contribution >= 0.6 is 11.6 Å². The maximum Gasteiger partial charge on any atom is 0.272 e. The lowest BCUT2D eigenvalue weighted by atomic mass is 9.96. The van der Waals surface area contributed by atoms with Crippen LogP contribution in [0.15, 0.2) is 11.2 Å². The number of hydrogen-bond donors (Lipinski definition) is 3. The van der Waals surface area contributed by atoms with E-state index in [1.165, 1.54) is 0 Å². The van der Waals surface area contributed by atoms with Crippen molar-refractivity contribution in [3.63, 3.8) is 0 Å². The second-order valence-corrected chi connectivity index (χ2v) is 5.14. The Bertz CT molecular complexity index is 501. The topological polar surface area (TPSA) is 107 Å². The van der Waals surface area contributed by atoms with Crippen molar-refractivity contribution in [2.75, 3.05) is 6.61 Å². The second-order valence-electron chi connectivity index (χ2n) is 4.74. The van der Waals surface area contributed by atoms with Crippen molar-refractivity contribution in [3.8, 4) is 0 Å². The highest BCUT2D eigenvalue weighted by molar-refractivity contribution is 6.44. The Morgan fingerprint density at radius 2 is 2.10 bits per heavy atom. The van der Waals surface area contributed by atoms with Gasteiger partial charge in [0.15, 0.2) is 17.6 Å². The van der Waals surface area contributed by atoms with E-state index in [0.717, 1.165) is 6.20 Å². The number of nitrogens with zero attached hydrogens (tertiary/aromatic N) is 1. The summed E-state index contributed by atoms with van der Waals surface area (Å²) in [6, 6.07) is 0. The molecule has 0 aliphatic carbocycles. The third kappa shape index (κ3) is 2.44. The second kappa shape index (κ2) is 5.58. The molecule has 21 heavy (non-hydrogen) atoms. The molecule has 2 heterocycles. The molecule has 0 radical (unpaired) electrons. The number of ketones is 1. The maximum absolute atomic E-state index is 13.0. The molecule has 0 aromatic heterocycles. The Balaban J connectivity index is 2.34. The van der Waals surface area contributed by atoms with E-state index in [9.17, 15) is 28.6 Å². The third-order valence-electron chi connectivity index (χ3n) is 3.47. The summed E-state index contributed by atoms with van der Waals surface area (Å²) in [5.74, 6) is -1.49. The first kappa shape index (κ1) is 16.2. The fraction of sp³-hybridized carbons (Fsp3) is 0.636. The Kier molecular flexibility index (Phi) is 4.31. The fourth-order valence-corrected chi connectivity index (χ4v) is 2.38. The lowest BCUT2D eigenvalue weighted by Crippen LogP contribution is -2.52. The predicted molar refractivity (Wildman–Crippen MR) is 63.1 cm³/mol. The first-order chi connectivity index (χ1) is 9.74. The van der Waals surface area contributed by atoms with Gasteiger partial charge < -0.3 is 20.1 Å². The standard InChI is InChI=1S/C11H12ClF2NO6/c12-4-2-15(6(18)1-5(4)17)9-7(19)8(20)11(3-16,21-9)10(13)14/h2,7-10,16,19-20H,1,3H2/t7-,8+,9-,11-/m1/s1. The highest BCUT2D eigenvalue weighted by Crippen LogP contribution is 2.38. The van der Waals surface area contributed by atoms with Gasteiger partial charge in [-0.2, -0.15) is 0 Å². The molecule has 0 aromatic carbocycles. The molecule has 1 saturated heterocycles. The monoisotopic (exact) mass is 327 g/mol. The van der Waals surface area contributed by atoms with Crippen molar-refractivity contribution in [2.24, 2.45) is 0 Å². The van der Waals surface area contributed by atoms with Crippen LogP contribution in [0.1, 0.15) is 6.42 Å². The van der Waals surface area contributed by atoms with Crippen LogP contribution in [0.25, 0.3) is 0 Å². The number of hydrogen-bond acceptors (Lipinski definition) is 6. The number of ether oxygens (including phenoxy) is 1. The molecule has 7 nitrogen and oxygen atoms in total. The zero-order valence-corrected chi connectivity index (χ0v) is 11.2. The fourth-order valence-electron chi connectivity index (χ4n) is 2.21. The number of halogens is 3. The van der Waals surface area contributed by atoms with Crippen LogP contribution in [-0.4, -0.2) is 69.0 Å². The normalized spacial score (nSPS) is 37.4. The molecule has 0 aromatic rings. The van der Waals surface area contributed by atoms with Gasteiger partial charge in [0.05, 0.1) is 13.0 Å². The molecule has 1 amide bonds. The van der Waals surface area contributed by atoms with E-state index in [1.54, 1.807) is 0 Å². The Morgan fingerprint density at radius 3 is 2.57 bits per heavy atom. The van der Waals surface area contributed by atoms with Crippen LogP contribution in [0.2, 0.25) is 0 Å². The van der Waals surface area contributed by atoms with Crippen molar-refractivity contribution in [1.82, 2.24) is 4.90 Å². The molecule has 2 aliphatic heterocycles. The van der Waals surface area contributed by atoms with E-state index >= 15 is 0 Å². The zero-order chi connectivity index (χ0) is 15.9. The summed E-state index contributed by atoms with van der Waals surface area (Å²) in [6.45, 7) is -1.27. The Morgan fingerprint density at radius 1 is 1.48 bits per heavy atom. The maximum atomic E-state index is 13.0. The van der Waals surface area contributed by atoms with E-state index in [-0.39, 0.29) is 5.03 Å². The van der Waals surface area contributed by atoms with E-state index < -0.39 is 55.2 Å². The average molecular weight is 328 g/mol. The van der Waals surface area contributed by atoms with Gasteiger partial charge in [0.25, 0.3) is 6.43 Å². The number of aliphatic hydroxyl groups excluding tert-OH is 3. The highest BCUT2D eigenvalue weighted by atomic mass is 35.5. The molecular formula is C11H12ClF2NO6. The van der Waals surface area contributed by atoms with E-state index in [1.807, 2.05) is 0 Å². The van der Waals surface area contributed by atoms with Gasteiger partial charge in [0.1, 0.15) is 17.2 Å². The van der Waals surface area contributed by atoms with Crippen LogP contribution < -0.4 is 0 Å². The molecule has 0 unspecified atom stereocenters. The molecule has 0 bridgehead atoms. The van der Waals surface area contributed by atoms with Gasteiger partial charge in [0.2, 0.25) is 5.91 Å². The number of amides is 1. The summed E-state index contributed by atoms with van der Waals surface area (Å²) in [5, 5.41) is 28.3. The molecule has 2 aliphatic rings. The van der Waals surface area contributed by atoms with Crippen molar-refractivity contribution in [3.05, 3.63) is 11.2 Å². The van der Waals surface area contributed by atoms with Crippen LogP contribution in [-0.2, 0) is 14.3 Å². The van der Waals surface area contributed by atoms with Gasteiger partial charge in [0, 0.05) is 6.20 Å². The smallest absolute Gasteiger partial charge is 0.272 e. The number of alkyl halides is 2. The molecule has 3 N–H and O–H groups in total. The molecular weight excluding hydrogens is 316 g/mol. The number of Topliss-reactive ketones (excluding diaryl/α,β-unsaturated/α-hetero) is 1. The summed E-state index contributed by atoms with van der Waals surface area (Å²) in [7, 11) is 0. The minimum absolute atomic E-state index is 0.335. The highest BCUT2D eigenvalue weighted by Gasteiger charge is 2.61. The van der Waals surface area contributed by atoms with Crippen molar-refractivity contribution >= 4 is 23.3 Å². The van der Waals surface area contributed by atoms with Crippen LogP contribution in [0.4, 0.5) is 8.78 Å². The van der Waals surface area contributed by atoms with E-state index in [2.05, 4.69) is 0 Å². The number of carbonyl (C=O) groups excluding carboxylic acids is 2. The van der Waals surface area contributed by atoms with Gasteiger partial charge in [-0.25, -0.2) is 8.78 Å². The van der Waals surface area contributed by atoms with Gasteiger partial charge in [-0.1, -0.05) is 11.6 Å². The minimum atomic E-state index is -3.31. The molecule has 1 fully saturated rings. The predicted octanol–water partition coefficient (Wildman–Crippen LogP) is -1.06. The van der Waals surface area contributed by atoms with Gasteiger partial charge in [-0.05, 0) is 0 Å². The summed E-state index contributed by atoms with van der Waals surface area (Å²) < 4.78 is 30.9. The average Bonchev–Trinajstić information content (AvgIpc) is 2.68. The largest absolute Gasteiger partial charge is 0.393 e. The Hall–Kier alpha value is -1.13. The summed E-state index contributed by atoms with van der Waals surface area (Å²) in [4.78, 5) is 23.6. The summed E-state index contributed by atoms with van der Waals surface area (Å²) >= 11 is 5.58. The SMILES string of the molecule is O=C1CC(=O)N([C@@H]2O[C@@](CO)(C(F)F)[C@@H](O)[C@H]2O)C=C1Cl. The van der Waals surface area contributed by atoms with Crippen molar-refractivity contribution in [1.29, 1.82) is 0 Å². The van der Waals surface area contributed by atoms with Gasteiger partial charge in [-0.15, -0.1) is 0 Å². The van der Waals surface area contributed by atoms with E-state index in [4.69, 9.17) is 21.4 Å². The molecule has 2 rings (SSSR count). The molecule has 0 saturated carbocycles. The zero-order valence-electron chi connectivity index (χ0n) is 10.4. The number of aliphatic hydroxyl groups is 3. The van der Waals surface area contributed by atoms with E-state index in [0.29, 0.717) is 4.90 Å². The molecule has 118 valence electrons. The van der Waals surface area contributed by atoms with Crippen LogP contribution in [0, 0.1) is 0 Å². The van der Waals surface area contributed by atoms with Crippen LogP contribution in [0.5, 0.6) is 0 Å². The van der Waals surface area contributed by atoms with Crippen LogP contribution in [0.3, 0.4) is 0 Å². The lowest BCUT2D eigenvalue weighted by Gasteiger charge is -2.31. The number of rotatable bonds is 3. The number of allylic oxidation sites excluding steroid dienone is 1. The first-order valence-corrected chi connectivity index (χ1v) is 6.27. The minimum Gasteiger partial charge on any atom is -0.393 e. The third-order valence-corrected chi connectivity index (χ3v) is 3.77. The van der Waals surface area contributed by atoms with Gasteiger partial charge >= 0.3 is 0 Å². The van der Waals surface area contributed by atoms with Gasteiger partial charge in [-0.3, -0.25) is 14.5 Å². The molecule has 4 atom stereocenters. The lowest BCUT2D eigenvalue weighted by molar-refractivity contribution is -0.202. The van der Waals surface area contributed by atoms with Crippen molar-refractivity contribution < 1.29 is 38.4 Å². The molecule has 10 heteroatoms. The quantitative estimate of drug-likeness (QED) is 0.571. The summed E-state index contributed by atoms with van der Waals surface area (Å²) in [6.07, 6.45) is -8.78. The Labute approximate surface area is 122 Å². The van der Waals surface area contributed by atoms with Crippen molar-refractivity contribution in [2.45, 2.75) is 36.9 Å². The molecule has 0 spiro atoms.